The second kappa shape index (κ2) is 6.78. The van der Waals surface area contributed by atoms with Gasteiger partial charge in [-0.15, -0.1) is 10.2 Å². The lowest BCUT2D eigenvalue weighted by Crippen LogP contribution is -2.11. The number of nitrogens with zero attached hydrogens (tertiary/aromatic N) is 3. The minimum absolute atomic E-state index is 0.263. The third-order valence-electron chi connectivity index (χ3n) is 3.15. The summed E-state index contributed by atoms with van der Waals surface area (Å²) in [5.74, 6) is 6.56. The van der Waals surface area contributed by atoms with E-state index in [-0.39, 0.29) is 5.82 Å². The largest absolute Gasteiger partial charge is 0.335 e. The van der Waals surface area contributed by atoms with E-state index >= 15 is 0 Å². The van der Waals surface area contributed by atoms with Crippen molar-refractivity contribution in [3.63, 3.8) is 0 Å². The number of benzene rings is 2. The highest BCUT2D eigenvalue weighted by Crippen LogP contribution is 2.31. The minimum Gasteiger partial charge on any atom is -0.335 e. The number of rotatable bonds is 4. The van der Waals surface area contributed by atoms with E-state index in [0.29, 0.717) is 37.9 Å². The fourth-order valence-corrected chi connectivity index (χ4v) is 3.20. The van der Waals surface area contributed by atoms with Gasteiger partial charge >= 0.3 is 0 Å². The highest BCUT2D eigenvalue weighted by atomic mass is 35.5. The van der Waals surface area contributed by atoms with Crippen molar-refractivity contribution in [2.45, 2.75) is 10.9 Å². The number of nitrogen functional groups attached to an aromatic ring is 1. The molecule has 0 aliphatic carbocycles. The molecule has 1 heterocycles. The zero-order valence-electron chi connectivity index (χ0n) is 11.7. The van der Waals surface area contributed by atoms with Crippen LogP contribution < -0.4 is 5.84 Å². The molecule has 0 amide bonds. The molecule has 0 radical (unpaired) electrons. The smallest absolute Gasteiger partial charge is 0.210 e. The summed E-state index contributed by atoms with van der Waals surface area (Å²) in [4.78, 5) is 0. The number of thioether (sulfide) groups is 1. The lowest BCUT2D eigenvalue weighted by molar-refractivity contribution is 0.617. The topological polar surface area (TPSA) is 56.7 Å². The lowest BCUT2D eigenvalue weighted by atomic mass is 10.2. The summed E-state index contributed by atoms with van der Waals surface area (Å²) < 4.78 is 15.0. The summed E-state index contributed by atoms with van der Waals surface area (Å²) in [7, 11) is 0. The Morgan fingerprint density at radius 2 is 1.91 bits per heavy atom. The third kappa shape index (κ3) is 3.44. The molecular formula is C15H11Cl2FN4S. The molecular weight excluding hydrogens is 358 g/mol. The van der Waals surface area contributed by atoms with E-state index in [9.17, 15) is 4.39 Å². The Bertz CT molecular complexity index is 853. The van der Waals surface area contributed by atoms with Gasteiger partial charge in [0.15, 0.2) is 5.82 Å². The van der Waals surface area contributed by atoms with Crippen LogP contribution in [-0.2, 0) is 5.75 Å². The monoisotopic (exact) mass is 368 g/mol. The molecule has 0 fully saturated rings. The first-order chi connectivity index (χ1) is 11.1. The Morgan fingerprint density at radius 3 is 2.70 bits per heavy atom. The Hall–Kier alpha value is -1.76. The van der Waals surface area contributed by atoms with Crippen molar-refractivity contribution in [1.82, 2.24) is 14.9 Å². The summed E-state index contributed by atoms with van der Waals surface area (Å²) in [6.07, 6.45) is 0. The predicted molar refractivity (Wildman–Crippen MR) is 91.6 cm³/mol. The first-order valence-corrected chi connectivity index (χ1v) is 8.32. The van der Waals surface area contributed by atoms with Gasteiger partial charge in [0.25, 0.3) is 0 Å². The summed E-state index contributed by atoms with van der Waals surface area (Å²) in [6, 6.07) is 11.6. The molecule has 1 aromatic heterocycles. The minimum atomic E-state index is -0.263. The van der Waals surface area contributed by atoms with Crippen molar-refractivity contribution >= 4 is 35.0 Å². The Balaban J connectivity index is 1.85. The second-order valence-corrected chi connectivity index (χ2v) is 6.47. The molecule has 2 aromatic carbocycles. The van der Waals surface area contributed by atoms with Crippen LogP contribution in [0, 0.1) is 5.82 Å². The predicted octanol–water partition coefficient (Wildman–Crippen LogP) is 4.40. The molecule has 23 heavy (non-hydrogen) atoms. The molecule has 0 aliphatic rings. The van der Waals surface area contributed by atoms with E-state index < -0.39 is 0 Å². The van der Waals surface area contributed by atoms with Crippen molar-refractivity contribution in [2.24, 2.45) is 0 Å². The molecule has 0 spiro atoms. The highest BCUT2D eigenvalue weighted by Gasteiger charge is 2.16. The van der Waals surface area contributed by atoms with Gasteiger partial charge in [-0.2, -0.15) is 0 Å². The van der Waals surface area contributed by atoms with Crippen molar-refractivity contribution in [1.29, 1.82) is 0 Å². The van der Waals surface area contributed by atoms with E-state index in [2.05, 4.69) is 10.2 Å². The number of hydrogen-bond donors (Lipinski definition) is 1. The molecule has 3 aromatic rings. The van der Waals surface area contributed by atoms with Gasteiger partial charge in [-0.1, -0.05) is 53.2 Å². The summed E-state index contributed by atoms with van der Waals surface area (Å²) in [6.45, 7) is 0. The first-order valence-electron chi connectivity index (χ1n) is 6.58. The van der Waals surface area contributed by atoms with Crippen LogP contribution in [0.2, 0.25) is 10.0 Å². The van der Waals surface area contributed by atoms with Gasteiger partial charge in [0.2, 0.25) is 5.16 Å². The van der Waals surface area contributed by atoms with E-state index in [0.717, 1.165) is 0 Å². The standard InChI is InChI=1S/C15H11Cl2FN4S/c16-10-5-6-12(17)11(7-10)14-20-21-15(22(14)19)23-8-9-3-1-2-4-13(9)18/h1-7H,8,19H2. The molecule has 0 saturated carbocycles. The Morgan fingerprint density at radius 1 is 1.13 bits per heavy atom. The summed E-state index contributed by atoms with van der Waals surface area (Å²) >= 11 is 13.4. The molecule has 0 aliphatic heterocycles. The normalized spacial score (nSPS) is 10.9. The van der Waals surface area contributed by atoms with E-state index in [4.69, 9.17) is 29.0 Å². The van der Waals surface area contributed by atoms with Crippen LogP contribution in [-0.4, -0.2) is 14.9 Å². The third-order valence-corrected chi connectivity index (χ3v) is 4.71. The van der Waals surface area contributed by atoms with Gasteiger partial charge < -0.3 is 5.84 Å². The fourth-order valence-electron chi connectivity index (χ4n) is 1.99. The quantitative estimate of drug-likeness (QED) is 0.547. The van der Waals surface area contributed by atoms with Gasteiger partial charge in [0, 0.05) is 16.3 Å². The Labute approximate surface area is 146 Å². The van der Waals surface area contributed by atoms with E-state index in [1.165, 1.54) is 22.5 Å². The molecule has 0 bridgehead atoms. The van der Waals surface area contributed by atoms with E-state index in [1.807, 2.05) is 0 Å². The average Bonchev–Trinajstić information content (AvgIpc) is 2.90. The number of hydrogen-bond acceptors (Lipinski definition) is 4. The molecule has 0 unspecified atom stereocenters. The molecule has 0 saturated heterocycles. The van der Waals surface area contributed by atoms with Gasteiger partial charge in [0.05, 0.1) is 5.02 Å². The molecule has 8 heteroatoms. The number of nitrogens with two attached hydrogens (primary N) is 1. The maximum absolute atomic E-state index is 13.6. The molecule has 2 N–H and O–H groups in total. The van der Waals surface area contributed by atoms with Crippen LogP contribution in [0.15, 0.2) is 47.6 Å². The summed E-state index contributed by atoms with van der Waals surface area (Å²) in [5.41, 5.74) is 1.16. The van der Waals surface area contributed by atoms with Crippen LogP contribution in [0.4, 0.5) is 4.39 Å². The zero-order valence-corrected chi connectivity index (χ0v) is 14.0. The second-order valence-electron chi connectivity index (χ2n) is 4.68. The van der Waals surface area contributed by atoms with Crippen molar-refractivity contribution < 1.29 is 4.39 Å². The van der Waals surface area contributed by atoms with Crippen LogP contribution in [0.1, 0.15) is 5.56 Å². The maximum atomic E-state index is 13.6. The van der Waals surface area contributed by atoms with E-state index in [1.54, 1.807) is 36.4 Å². The number of aromatic nitrogens is 3. The maximum Gasteiger partial charge on any atom is 0.210 e. The lowest BCUT2D eigenvalue weighted by Gasteiger charge is -2.06. The van der Waals surface area contributed by atoms with Crippen molar-refractivity contribution in [2.75, 3.05) is 5.84 Å². The van der Waals surface area contributed by atoms with Gasteiger partial charge in [-0.3, -0.25) is 0 Å². The molecule has 118 valence electrons. The van der Waals surface area contributed by atoms with Crippen LogP contribution in [0.3, 0.4) is 0 Å². The van der Waals surface area contributed by atoms with Crippen LogP contribution >= 0.6 is 35.0 Å². The SMILES string of the molecule is Nn1c(SCc2ccccc2F)nnc1-c1cc(Cl)ccc1Cl. The molecule has 0 atom stereocenters. The summed E-state index contributed by atoms with van der Waals surface area (Å²) in [5, 5.41) is 9.54. The van der Waals surface area contributed by atoms with Gasteiger partial charge in [-0.05, 0) is 29.8 Å². The number of halogens is 3. The first kappa shape index (κ1) is 16.1. The molecule has 3 rings (SSSR count). The van der Waals surface area contributed by atoms with Crippen molar-refractivity contribution in [3.8, 4) is 11.4 Å². The average molecular weight is 369 g/mol. The van der Waals surface area contributed by atoms with Crippen molar-refractivity contribution in [3.05, 3.63) is 63.9 Å². The highest BCUT2D eigenvalue weighted by molar-refractivity contribution is 7.98. The zero-order chi connectivity index (χ0) is 16.4. The van der Waals surface area contributed by atoms with Crippen LogP contribution in [0.5, 0.6) is 0 Å². The van der Waals surface area contributed by atoms with Gasteiger partial charge in [-0.25, -0.2) is 9.07 Å². The Kier molecular flexibility index (Phi) is 4.75. The molecule has 4 nitrogen and oxygen atoms in total. The van der Waals surface area contributed by atoms with Crippen LogP contribution in [0.25, 0.3) is 11.4 Å². The fraction of sp³-hybridized carbons (Fsp3) is 0.0667. The van der Waals surface area contributed by atoms with Gasteiger partial charge in [0.1, 0.15) is 5.82 Å².